The second-order valence-electron chi connectivity index (χ2n) is 6.07. The van der Waals surface area contributed by atoms with E-state index in [1.165, 1.54) is 0 Å². The molecule has 0 aromatic heterocycles. The molecule has 0 saturated carbocycles. The highest BCUT2D eigenvalue weighted by Crippen LogP contribution is 2.23. The first-order valence-corrected chi connectivity index (χ1v) is 7.65. The fraction of sp³-hybridized carbons (Fsp3) is 0.529. The maximum atomic E-state index is 11.9. The monoisotopic (exact) mass is 306 g/mol. The molecule has 1 rings (SSSR count). The molecule has 0 aliphatic carbocycles. The molecule has 5 nitrogen and oxygen atoms in total. The zero-order valence-electron chi connectivity index (χ0n) is 13.5. The maximum absolute atomic E-state index is 11.9. The van der Waals surface area contributed by atoms with Crippen molar-refractivity contribution in [3.8, 4) is 0 Å². The lowest BCUT2D eigenvalue weighted by Crippen LogP contribution is -2.21. The van der Waals surface area contributed by atoms with Gasteiger partial charge in [-0.25, -0.2) is 0 Å². The molecule has 0 aliphatic rings. The topological polar surface area (TPSA) is 87.1 Å². The molecule has 1 aromatic rings. The van der Waals surface area contributed by atoms with E-state index in [1.54, 1.807) is 0 Å². The predicted molar refractivity (Wildman–Crippen MR) is 86.4 cm³/mol. The second kappa shape index (κ2) is 9.20. The summed E-state index contributed by atoms with van der Waals surface area (Å²) < 4.78 is 0. The van der Waals surface area contributed by atoms with Gasteiger partial charge in [-0.05, 0) is 18.3 Å². The average Bonchev–Trinajstić information content (AvgIpc) is 2.44. The summed E-state index contributed by atoms with van der Waals surface area (Å²) in [5, 5.41) is 0. The Morgan fingerprint density at radius 3 is 2.32 bits per heavy atom. The van der Waals surface area contributed by atoms with Crippen LogP contribution in [0.15, 0.2) is 30.3 Å². The molecule has 0 radical (unpaired) electrons. The summed E-state index contributed by atoms with van der Waals surface area (Å²) in [7, 11) is 0. The van der Waals surface area contributed by atoms with Crippen LogP contribution in [0.4, 0.5) is 0 Å². The molecule has 0 aliphatic heterocycles. The van der Waals surface area contributed by atoms with Crippen LogP contribution in [0.3, 0.4) is 0 Å². The van der Waals surface area contributed by atoms with E-state index in [9.17, 15) is 9.59 Å². The average molecular weight is 306 g/mol. The van der Waals surface area contributed by atoms with E-state index < -0.39 is 0 Å². The molecule has 2 atom stereocenters. The van der Waals surface area contributed by atoms with E-state index in [0.717, 1.165) is 12.0 Å². The van der Waals surface area contributed by atoms with Crippen molar-refractivity contribution in [3.05, 3.63) is 41.4 Å². The molecule has 0 heterocycles. The number of primary amides is 1. The molecule has 0 bridgehead atoms. The third-order valence-corrected chi connectivity index (χ3v) is 3.38. The lowest BCUT2D eigenvalue weighted by atomic mass is 9.91. The van der Waals surface area contributed by atoms with Gasteiger partial charge in [-0.15, -0.1) is 0 Å². The molecular weight excluding hydrogens is 280 g/mol. The Balaban J connectivity index is 2.44. The second-order valence-corrected chi connectivity index (χ2v) is 6.07. The van der Waals surface area contributed by atoms with Gasteiger partial charge in [0.1, 0.15) is 6.42 Å². The SMILES string of the molecule is CC(C)C[C@H](CC(N)=O)CC(=O)[OH+][N-]C(C)c1ccccc1. The van der Waals surface area contributed by atoms with Gasteiger partial charge >= 0.3 is 5.97 Å². The molecule has 22 heavy (non-hydrogen) atoms. The summed E-state index contributed by atoms with van der Waals surface area (Å²) in [5.41, 5.74) is 10.3. The smallest absolute Gasteiger partial charge is 0.508 e. The van der Waals surface area contributed by atoms with Crippen LogP contribution in [0, 0.1) is 11.8 Å². The normalized spacial score (nSPS) is 13.6. The highest BCUT2D eigenvalue weighted by molar-refractivity contribution is 5.75. The van der Waals surface area contributed by atoms with Gasteiger partial charge in [0.15, 0.2) is 0 Å². The number of nitrogens with zero attached hydrogens (tertiary/aromatic N) is 1. The van der Waals surface area contributed by atoms with Gasteiger partial charge in [-0.2, -0.15) is 0 Å². The summed E-state index contributed by atoms with van der Waals surface area (Å²) in [4.78, 5) is 26.8. The highest BCUT2D eigenvalue weighted by atomic mass is 16.7. The van der Waals surface area contributed by atoms with E-state index >= 15 is 0 Å². The van der Waals surface area contributed by atoms with Crippen molar-refractivity contribution in [1.82, 2.24) is 0 Å². The van der Waals surface area contributed by atoms with Gasteiger partial charge in [-0.1, -0.05) is 62.7 Å². The number of rotatable bonds is 9. The molecular formula is C17H26N2O3. The van der Waals surface area contributed by atoms with Crippen LogP contribution in [0.25, 0.3) is 5.48 Å². The molecule has 1 aromatic carbocycles. The van der Waals surface area contributed by atoms with Crippen LogP contribution >= 0.6 is 0 Å². The first kappa shape index (κ1) is 18.2. The van der Waals surface area contributed by atoms with Crippen molar-refractivity contribution < 1.29 is 14.4 Å². The van der Waals surface area contributed by atoms with Crippen molar-refractivity contribution in [2.45, 2.75) is 46.1 Å². The maximum Gasteiger partial charge on any atom is 0.508 e. The van der Waals surface area contributed by atoms with Crippen LogP contribution in [0.2, 0.25) is 0 Å². The Morgan fingerprint density at radius 1 is 1.14 bits per heavy atom. The van der Waals surface area contributed by atoms with E-state index in [0.29, 0.717) is 5.92 Å². The standard InChI is InChI=1S/C17H26N2O3/c1-12(2)9-14(10-16(18)20)11-17(21)22-19-13(3)15-7-5-4-6-8-15/h4-8,12-14,22H,9-11H2,1-3H3,(H2,18,20)/t13?,14-/m1/s1. The van der Waals surface area contributed by atoms with Crippen molar-refractivity contribution in [1.29, 1.82) is 0 Å². The van der Waals surface area contributed by atoms with E-state index in [1.807, 2.05) is 37.3 Å². The summed E-state index contributed by atoms with van der Waals surface area (Å²) in [6.07, 6.45) is 1.21. The van der Waals surface area contributed by atoms with Gasteiger partial charge < -0.3 is 16.1 Å². The number of carbonyl (C=O) groups is 2. The number of carbonyl (C=O) groups excluding carboxylic acids is 1. The Morgan fingerprint density at radius 2 is 1.77 bits per heavy atom. The number of nitrogens with two attached hydrogens (primary N) is 1. The van der Waals surface area contributed by atoms with Crippen LogP contribution in [-0.4, -0.2) is 16.7 Å². The number of aliphatic carboxylic acids is 1. The van der Waals surface area contributed by atoms with Gasteiger partial charge in [0.25, 0.3) is 0 Å². The highest BCUT2D eigenvalue weighted by Gasteiger charge is 2.22. The lowest BCUT2D eigenvalue weighted by Gasteiger charge is -2.27. The summed E-state index contributed by atoms with van der Waals surface area (Å²) in [6.45, 7) is 6.00. The molecule has 5 heteroatoms. The quantitative estimate of drug-likeness (QED) is 0.559. The van der Waals surface area contributed by atoms with Crippen molar-refractivity contribution in [3.63, 3.8) is 0 Å². The Bertz CT molecular complexity index is 474. The molecule has 0 saturated heterocycles. The minimum Gasteiger partial charge on any atom is -0.619 e. The molecule has 3 N–H and O–H groups in total. The zero-order valence-corrected chi connectivity index (χ0v) is 13.5. The van der Waals surface area contributed by atoms with E-state index in [4.69, 9.17) is 5.73 Å². The number of carboxylic acids is 1. The Kier molecular flexibility index (Phi) is 7.60. The fourth-order valence-corrected chi connectivity index (χ4v) is 2.43. The summed E-state index contributed by atoms with van der Waals surface area (Å²) in [5.74, 6) is -0.337. The molecule has 122 valence electrons. The summed E-state index contributed by atoms with van der Waals surface area (Å²) in [6, 6.07) is 9.51. The van der Waals surface area contributed by atoms with E-state index in [-0.39, 0.29) is 36.7 Å². The Hall–Kier alpha value is -1.88. The third kappa shape index (κ3) is 7.22. The number of benzene rings is 1. The number of hydrogen-bond donors (Lipinski definition) is 1. The largest absolute Gasteiger partial charge is 0.619 e. The van der Waals surface area contributed by atoms with Gasteiger partial charge in [0.2, 0.25) is 5.91 Å². The first-order chi connectivity index (χ1) is 10.4. The van der Waals surface area contributed by atoms with Crippen molar-refractivity contribution in [2.75, 3.05) is 0 Å². The van der Waals surface area contributed by atoms with Crippen LogP contribution in [-0.2, 0) is 9.59 Å². The minimum absolute atomic E-state index is 0.0593. The summed E-state index contributed by atoms with van der Waals surface area (Å²) >= 11 is 0. The zero-order chi connectivity index (χ0) is 16.5. The van der Waals surface area contributed by atoms with Crippen LogP contribution < -0.4 is 5.73 Å². The first-order valence-electron chi connectivity index (χ1n) is 7.65. The predicted octanol–water partition coefficient (Wildman–Crippen LogP) is 3.50. The van der Waals surface area contributed by atoms with Gasteiger partial charge in [-0.3, -0.25) is 4.79 Å². The number of hydrogen-bond acceptors (Lipinski definition) is 2. The Labute approximate surface area is 132 Å². The molecule has 1 amide bonds. The van der Waals surface area contributed by atoms with Crippen molar-refractivity contribution in [2.24, 2.45) is 17.6 Å². The number of hydroxylamine groups is 1. The van der Waals surface area contributed by atoms with Gasteiger partial charge in [0, 0.05) is 11.2 Å². The van der Waals surface area contributed by atoms with Crippen LogP contribution in [0.1, 0.15) is 51.6 Å². The molecule has 1 unspecified atom stereocenters. The molecule has 0 spiro atoms. The van der Waals surface area contributed by atoms with Gasteiger partial charge in [0.05, 0.1) is 0 Å². The third-order valence-electron chi connectivity index (χ3n) is 3.38. The van der Waals surface area contributed by atoms with Crippen LogP contribution in [0.5, 0.6) is 0 Å². The number of amides is 1. The fourth-order valence-electron chi connectivity index (χ4n) is 2.43. The molecule has 0 fully saturated rings. The minimum atomic E-state index is -0.381. The van der Waals surface area contributed by atoms with Crippen molar-refractivity contribution >= 4 is 11.9 Å². The lowest BCUT2D eigenvalue weighted by molar-refractivity contribution is -0.158. The van der Waals surface area contributed by atoms with E-state index in [2.05, 4.69) is 24.2 Å².